The molecular weight excluding hydrogens is 414 g/mol. The lowest BCUT2D eigenvalue weighted by Crippen LogP contribution is -2.35. The molecule has 0 unspecified atom stereocenters. The number of aromatic nitrogens is 1. The number of nitrogens with one attached hydrogen (secondary N) is 1. The fourth-order valence-corrected chi connectivity index (χ4v) is 5.17. The molecule has 0 aliphatic carbocycles. The van der Waals surface area contributed by atoms with Gasteiger partial charge in [-0.1, -0.05) is 53.5 Å². The maximum absolute atomic E-state index is 12.9. The predicted molar refractivity (Wildman–Crippen MR) is 117 cm³/mol. The molecule has 1 aliphatic rings. The molecule has 0 atom stereocenters. The van der Waals surface area contributed by atoms with Gasteiger partial charge < -0.3 is 9.84 Å². The first-order valence-corrected chi connectivity index (χ1v) is 11.8. The standard InChI is InChI=1S/C23H25N3O4S/c1-17-8-10-19(11-9-17)21-15-22(30-25-21)23(27)24-16-18-6-5-7-20(14-18)31(28,29)26-12-3-2-4-13-26/h5-11,14-15H,2-4,12-13,16H2,1H3,(H,24,27). The largest absolute Gasteiger partial charge is 0.350 e. The molecule has 0 bridgehead atoms. The van der Waals surface area contributed by atoms with E-state index in [0.717, 1.165) is 30.4 Å². The van der Waals surface area contributed by atoms with Crippen LogP contribution in [0.2, 0.25) is 0 Å². The Hall–Kier alpha value is -2.97. The highest BCUT2D eigenvalue weighted by atomic mass is 32.2. The van der Waals surface area contributed by atoms with Crippen LogP contribution >= 0.6 is 0 Å². The molecule has 1 saturated heterocycles. The number of carbonyl (C=O) groups excluding carboxylic acids is 1. The fourth-order valence-electron chi connectivity index (χ4n) is 3.58. The molecule has 1 aliphatic heterocycles. The predicted octanol–water partition coefficient (Wildman–Crippen LogP) is 3.75. The van der Waals surface area contributed by atoms with E-state index in [4.69, 9.17) is 4.52 Å². The fraction of sp³-hybridized carbons (Fsp3) is 0.304. The normalized spacial score (nSPS) is 15.0. The molecule has 4 rings (SSSR count). The Morgan fingerprint density at radius 3 is 2.55 bits per heavy atom. The van der Waals surface area contributed by atoms with Gasteiger partial charge in [-0.3, -0.25) is 4.79 Å². The van der Waals surface area contributed by atoms with Gasteiger partial charge >= 0.3 is 0 Å². The number of piperidine rings is 1. The first kappa shape index (κ1) is 21.3. The second-order valence-electron chi connectivity index (χ2n) is 7.74. The van der Waals surface area contributed by atoms with Gasteiger partial charge in [0.15, 0.2) is 0 Å². The Balaban J connectivity index is 1.42. The summed E-state index contributed by atoms with van der Waals surface area (Å²) in [6, 6.07) is 16.1. The zero-order chi connectivity index (χ0) is 21.8. The van der Waals surface area contributed by atoms with Gasteiger partial charge in [-0.2, -0.15) is 4.31 Å². The number of hydrogen-bond acceptors (Lipinski definition) is 5. The summed E-state index contributed by atoms with van der Waals surface area (Å²) in [6.45, 7) is 3.29. The monoisotopic (exact) mass is 439 g/mol. The number of rotatable bonds is 6. The van der Waals surface area contributed by atoms with Crippen LogP contribution in [0.4, 0.5) is 0 Å². The van der Waals surface area contributed by atoms with Crippen LogP contribution < -0.4 is 5.32 Å². The van der Waals surface area contributed by atoms with Crippen LogP contribution in [0, 0.1) is 6.92 Å². The molecule has 8 heteroatoms. The van der Waals surface area contributed by atoms with Crippen LogP contribution in [0.15, 0.2) is 64.0 Å². The molecule has 2 aromatic carbocycles. The first-order valence-electron chi connectivity index (χ1n) is 10.3. The second-order valence-corrected chi connectivity index (χ2v) is 9.68. The number of carbonyl (C=O) groups is 1. The summed E-state index contributed by atoms with van der Waals surface area (Å²) >= 11 is 0. The molecule has 162 valence electrons. The van der Waals surface area contributed by atoms with Crippen LogP contribution in [0.1, 0.15) is 40.9 Å². The zero-order valence-electron chi connectivity index (χ0n) is 17.4. The number of benzene rings is 2. The quantitative estimate of drug-likeness (QED) is 0.631. The Bertz CT molecular complexity index is 1160. The summed E-state index contributed by atoms with van der Waals surface area (Å²) in [4.78, 5) is 12.7. The Labute approximate surface area is 182 Å². The van der Waals surface area contributed by atoms with E-state index in [1.807, 2.05) is 31.2 Å². The van der Waals surface area contributed by atoms with Gasteiger partial charge in [-0.05, 0) is 37.5 Å². The lowest BCUT2D eigenvalue weighted by molar-refractivity contribution is 0.0914. The number of nitrogens with zero attached hydrogens (tertiary/aromatic N) is 2. The Morgan fingerprint density at radius 1 is 1.06 bits per heavy atom. The smallest absolute Gasteiger partial charge is 0.290 e. The van der Waals surface area contributed by atoms with Crippen molar-refractivity contribution in [3.05, 3.63) is 71.5 Å². The van der Waals surface area contributed by atoms with Crippen molar-refractivity contribution < 1.29 is 17.7 Å². The molecule has 31 heavy (non-hydrogen) atoms. The van der Waals surface area contributed by atoms with E-state index in [-0.39, 0.29) is 17.2 Å². The van der Waals surface area contributed by atoms with Crippen LogP contribution in [0.3, 0.4) is 0 Å². The van der Waals surface area contributed by atoms with Crippen molar-refractivity contribution in [3.63, 3.8) is 0 Å². The van der Waals surface area contributed by atoms with Gasteiger partial charge in [0.05, 0.1) is 4.90 Å². The van der Waals surface area contributed by atoms with E-state index in [1.54, 1.807) is 30.3 Å². The van der Waals surface area contributed by atoms with E-state index >= 15 is 0 Å². The Kier molecular flexibility index (Phi) is 6.20. The Morgan fingerprint density at radius 2 is 1.81 bits per heavy atom. The van der Waals surface area contributed by atoms with E-state index in [1.165, 1.54) is 4.31 Å². The summed E-state index contributed by atoms with van der Waals surface area (Å²) in [6.07, 6.45) is 2.83. The molecule has 1 amide bonds. The molecule has 1 N–H and O–H groups in total. The molecule has 1 fully saturated rings. The first-order chi connectivity index (χ1) is 14.9. The van der Waals surface area contributed by atoms with Crippen LogP contribution in [0.5, 0.6) is 0 Å². The van der Waals surface area contributed by atoms with Gasteiger partial charge in [0.1, 0.15) is 5.69 Å². The topological polar surface area (TPSA) is 92.5 Å². The molecule has 7 nitrogen and oxygen atoms in total. The lowest BCUT2D eigenvalue weighted by Gasteiger charge is -2.26. The van der Waals surface area contributed by atoms with E-state index < -0.39 is 15.9 Å². The minimum Gasteiger partial charge on any atom is -0.350 e. The molecule has 0 spiro atoms. The highest BCUT2D eigenvalue weighted by Gasteiger charge is 2.26. The highest BCUT2D eigenvalue weighted by Crippen LogP contribution is 2.22. The minimum atomic E-state index is -3.51. The van der Waals surface area contributed by atoms with Gasteiger partial charge in [0, 0.05) is 31.3 Å². The third-order valence-corrected chi connectivity index (χ3v) is 7.28. The third kappa shape index (κ3) is 4.86. The van der Waals surface area contributed by atoms with E-state index in [9.17, 15) is 13.2 Å². The number of aryl methyl sites for hydroxylation is 1. The highest BCUT2D eigenvalue weighted by molar-refractivity contribution is 7.89. The lowest BCUT2D eigenvalue weighted by atomic mass is 10.1. The maximum atomic E-state index is 12.9. The summed E-state index contributed by atoms with van der Waals surface area (Å²) in [5, 5.41) is 6.74. The molecule has 0 radical (unpaired) electrons. The van der Waals surface area contributed by atoms with Crippen molar-refractivity contribution in [2.75, 3.05) is 13.1 Å². The van der Waals surface area contributed by atoms with Crippen LogP contribution in [-0.2, 0) is 16.6 Å². The third-order valence-electron chi connectivity index (χ3n) is 5.39. The van der Waals surface area contributed by atoms with Gasteiger partial charge in [-0.25, -0.2) is 8.42 Å². The van der Waals surface area contributed by atoms with Crippen LogP contribution in [-0.4, -0.2) is 36.9 Å². The summed E-state index contributed by atoms with van der Waals surface area (Å²) in [5.74, 6) is -0.303. The van der Waals surface area contributed by atoms with Gasteiger partial charge in [0.25, 0.3) is 5.91 Å². The number of sulfonamides is 1. The van der Waals surface area contributed by atoms with Crippen molar-refractivity contribution in [2.24, 2.45) is 0 Å². The second kappa shape index (κ2) is 9.03. The van der Waals surface area contributed by atoms with Crippen molar-refractivity contribution in [1.29, 1.82) is 0 Å². The summed E-state index contributed by atoms with van der Waals surface area (Å²) < 4.78 is 32.5. The molecule has 0 saturated carbocycles. The van der Waals surface area contributed by atoms with Crippen molar-refractivity contribution in [3.8, 4) is 11.3 Å². The molecular formula is C23H25N3O4S. The average molecular weight is 440 g/mol. The maximum Gasteiger partial charge on any atom is 0.290 e. The van der Waals surface area contributed by atoms with Crippen molar-refractivity contribution >= 4 is 15.9 Å². The molecule has 3 aromatic rings. The van der Waals surface area contributed by atoms with Crippen LogP contribution in [0.25, 0.3) is 11.3 Å². The SMILES string of the molecule is Cc1ccc(-c2cc(C(=O)NCc3cccc(S(=O)(=O)N4CCCCC4)c3)on2)cc1. The minimum absolute atomic E-state index is 0.104. The zero-order valence-corrected chi connectivity index (χ0v) is 18.2. The van der Waals surface area contributed by atoms with E-state index in [2.05, 4.69) is 10.5 Å². The van der Waals surface area contributed by atoms with Gasteiger partial charge in [0.2, 0.25) is 15.8 Å². The van der Waals surface area contributed by atoms with E-state index in [0.29, 0.717) is 24.3 Å². The number of hydrogen-bond donors (Lipinski definition) is 1. The van der Waals surface area contributed by atoms with Crippen molar-refractivity contribution in [2.45, 2.75) is 37.6 Å². The summed E-state index contributed by atoms with van der Waals surface area (Å²) in [5.41, 5.74) is 3.28. The van der Waals surface area contributed by atoms with Crippen molar-refractivity contribution in [1.82, 2.24) is 14.8 Å². The molecule has 1 aromatic heterocycles. The summed E-state index contributed by atoms with van der Waals surface area (Å²) in [7, 11) is -3.51. The average Bonchev–Trinajstić information content (AvgIpc) is 3.29. The number of amides is 1. The van der Waals surface area contributed by atoms with Gasteiger partial charge in [-0.15, -0.1) is 0 Å². The molecule has 2 heterocycles.